The molecule has 1 amide bonds. The van der Waals surface area contributed by atoms with Crippen LogP contribution < -0.4 is 10.1 Å². The maximum Gasteiger partial charge on any atom is 0.224 e. The topological polar surface area (TPSA) is 51.2 Å². The number of nitrogens with one attached hydrogen (secondary N) is 1. The van der Waals surface area contributed by atoms with Gasteiger partial charge in [-0.25, -0.2) is 0 Å². The van der Waals surface area contributed by atoms with E-state index in [1.807, 2.05) is 43.3 Å². The highest BCUT2D eigenvalue weighted by molar-refractivity contribution is 5.78. The highest BCUT2D eigenvalue weighted by Crippen LogP contribution is 2.38. The van der Waals surface area contributed by atoms with Gasteiger partial charge in [0.2, 0.25) is 5.91 Å². The van der Waals surface area contributed by atoms with Gasteiger partial charge in [0, 0.05) is 24.4 Å². The standard InChI is InChI=1S/C23H22N2O2/c1-16-4-2-5-17(12-16)13-22(26)25-15-20-14-19-6-3-7-21(23(19)27-20)18-8-10-24-11-9-18/h2-12,20H,13-15H2,1H3,(H,25,26). The predicted octanol–water partition coefficient (Wildman–Crippen LogP) is 3.72. The summed E-state index contributed by atoms with van der Waals surface area (Å²) in [5.41, 5.74) is 5.54. The number of amides is 1. The molecule has 2 heterocycles. The molecule has 1 aromatic heterocycles. The van der Waals surface area contributed by atoms with Crippen LogP contribution in [0, 0.1) is 6.92 Å². The number of ether oxygens (including phenoxy) is 1. The van der Waals surface area contributed by atoms with Crippen LogP contribution in [-0.2, 0) is 17.6 Å². The Hall–Kier alpha value is -3.14. The number of aryl methyl sites for hydroxylation is 1. The minimum atomic E-state index is -0.0375. The fraction of sp³-hybridized carbons (Fsp3) is 0.217. The Morgan fingerprint density at radius 1 is 1.15 bits per heavy atom. The largest absolute Gasteiger partial charge is 0.487 e. The zero-order chi connectivity index (χ0) is 18.6. The third-order valence-corrected chi connectivity index (χ3v) is 4.79. The fourth-order valence-corrected chi connectivity index (χ4v) is 3.51. The lowest BCUT2D eigenvalue weighted by atomic mass is 10.0. The Balaban J connectivity index is 1.38. The molecule has 27 heavy (non-hydrogen) atoms. The van der Waals surface area contributed by atoms with Crippen LogP contribution in [0.25, 0.3) is 11.1 Å². The van der Waals surface area contributed by atoms with E-state index in [2.05, 4.69) is 28.5 Å². The lowest BCUT2D eigenvalue weighted by molar-refractivity contribution is -0.120. The van der Waals surface area contributed by atoms with Crippen molar-refractivity contribution < 1.29 is 9.53 Å². The maximum absolute atomic E-state index is 12.3. The highest BCUT2D eigenvalue weighted by Gasteiger charge is 2.26. The number of rotatable bonds is 5. The minimum absolute atomic E-state index is 0.0227. The molecular weight excluding hydrogens is 336 g/mol. The summed E-state index contributed by atoms with van der Waals surface area (Å²) in [6, 6.07) is 18.2. The van der Waals surface area contributed by atoms with Crippen molar-refractivity contribution in [3.63, 3.8) is 0 Å². The van der Waals surface area contributed by atoms with Crippen molar-refractivity contribution in [2.24, 2.45) is 0 Å². The zero-order valence-electron chi connectivity index (χ0n) is 15.3. The van der Waals surface area contributed by atoms with E-state index in [0.29, 0.717) is 13.0 Å². The van der Waals surface area contributed by atoms with Crippen molar-refractivity contribution in [3.05, 3.63) is 83.7 Å². The van der Waals surface area contributed by atoms with Crippen molar-refractivity contribution >= 4 is 5.91 Å². The van der Waals surface area contributed by atoms with E-state index < -0.39 is 0 Å². The van der Waals surface area contributed by atoms with Gasteiger partial charge < -0.3 is 10.1 Å². The van der Waals surface area contributed by atoms with Gasteiger partial charge in [-0.05, 0) is 35.7 Å². The lowest BCUT2D eigenvalue weighted by Gasteiger charge is -2.14. The molecule has 3 aromatic rings. The SMILES string of the molecule is Cc1cccc(CC(=O)NCC2Cc3cccc(-c4ccncc4)c3O2)c1. The van der Waals surface area contributed by atoms with E-state index >= 15 is 0 Å². The van der Waals surface area contributed by atoms with Crippen molar-refractivity contribution in [1.82, 2.24) is 10.3 Å². The van der Waals surface area contributed by atoms with Gasteiger partial charge in [0.25, 0.3) is 0 Å². The molecule has 1 unspecified atom stereocenters. The first-order valence-corrected chi connectivity index (χ1v) is 9.20. The third-order valence-electron chi connectivity index (χ3n) is 4.79. The molecule has 0 spiro atoms. The quantitative estimate of drug-likeness (QED) is 0.756. The first-order valence-electron chi connectivity index (χ1n) is 9.20. The molecule has 1 N–H and O–H groups in total. The van der Waals surface area contributed by atoms with Gasteiger partial charge in [-0.15, -0.1) is 0 Å². The maximum atomic E-state index is 12.3. The molecular formula is C23H22N2O2. The Labute approximate surface area is 159 Å². The van der Waals surface area contributed by atoms with Crippen molar-refractivity contribution in [3.8, 4) is 16.9 Å². The van der Waals surface area contributed by atoms with Crippen LogP contribution in [0.2, 0.25) is 0 Å². The molecule has 2 aromatic carbocycles. The van der Waals surface area contributed by atoms with E-state index in [9.17, 15) is 4.79 Å². The predicted molar refractivity (Wildman–Crippen MR) is 106 cm³/mol. The molecule has 0 fully saturated rings. The molecule has 0 aliphatic carbocycles. The number of carbonyl (C=O) groups is 1. The van der Waals surface area contributed by atoms with Crippen LogP contribution >= 0.6 is 0 Å². The average molecular weight is 358 g/mol. The first kappa shape index (κ1) is 17.3. The number of hydrogen-bond acceptors (Lipinski definition) is 3. The van der Waals surface area contributed by atoms with E-state index in [-0.39, 0.29) is 12.0 Å². The second kappa shape index (κ2) is 7.62. The van der Waals surface area contributed by atoms with Crippen LogP contribution in [0.1, 0.15) is 16.7 Å². The van der Waals surface area contributed by atoms with Crippen molar-refractivity contribution in [2.45, 2.75) is 25.9 Å². The van der Waals surface area contributed by atoms with Crippen molar-refractivity contribution in [2.75, 3.05) is 6.54 Å². The van der Waals surface area contributed by atoms with Crippen molar-refractivity contribution in [1.29, 1.82) is 0 Å². The monoisotopic (exact) mass is 358 g/mol. The Morgan fingerprint density at radius 2 is 1.96 bits per heavy atom. The molecule has 4 nitrogen and oxygen atoms in total. The van der Waals surface area contributed by atoms with E-state index in [1.165, 1.54) is 11.1 Å². The van der Waals surface area contributed by atoms with Crippen LogP contribution in [0.5, 0.6) is 5.75 Å². The highest BCUT2D eigenvalue weighted by atomic mass is 16.5. The van der Waals surface area contributed by atoms with Gasteiger partial charge in [0.15, 0.2) is 0 Å². The summed E-state index contributed by atoms with van der Waals surface area (Å²) in [6.07, 6.45) is 4.73. The molecule has 1 atom stereocenters. The van der Waals surface area contributed by atoms with Crippen LogP contribution in [0.4, 0.5) is 0 Å². The molecule has 1 aliphatic rings. The van der Waals surface area contributed by atoms with Gasteiger partial charge in [-0.2, -0.15) is 0 Å². The number of aromatic nitrogens is 1. The van der Waals surface area contributed by atoms with Crippen LogP contribution in [-0.4, -0.2) is 23.5 Å². The number of carbonyl (C=O) groups excluding carboxylic acids is 1. The summed E-state index contributed by atoms with van der Waals surface area (Å²) < 4.78 is 6.18. The summed E-state index contributed by atoms with van der Waals surface area (Å²) in [4.78, 5) is 16.3. The lowest BCUT2D eigenvalue weighted by Crippen LogP contribution is -2.35. The number of pyridine rings is 1. The smallest absolute Gasteiger partial charge is 0.224 e. The first-order chi connectivity index (χ1) is 13.2. The van der Waals surface area contributed by atoms with E-state index in [4.69, 9.17) is 4.74 Å². The molecule has 4 rings (SSSR count). The number of hydrogen-bond donors (Lipinski definition) is 1. The minimum Gasteiger partial charge on any atom is -0.487 e. The van der Waals surface area contributed by atoms with Gasteiger partial charge in [-0.3, -0.25) is 9.78 Å². The number of benzene rings is 2. The number of nitrogens with zero attached hydrogens (tertiary/aromatic N) is 1. The summed E-state index contributed by atoms with van der Waals surface area (Å²) >= 11 is 0. The summed E-state index contributed by atoms with van der Waals surface area (Å²) in [6.45, 7) is 2.54. The van der Waals surface area contributed by atoms with Crippen LogP contribution in [0.3, 0.4) is 0 Å². The third kappa shape index (κ3) is 4.00. The molecule has 0 radical (unpaired) electrons. The Bertz CT molecular complexity index is 954. The van der Waals surface area contributed by atoms with E-state index in [0.717, 1.165) is 28.9 Å². The number of para-hydroxylation sites is 1. The van der Waals surface area contributed by atoms with E-state index in [1.54, 1.807) is 12.4 Å². The van der Waals surface area contributed by atoms with Gasteiger partial charge in [-0.1, -0.05) is 48.0 Å². The van der Waals surface area contributed by atoms with Crippen LogP contribution in [0.15, 0.2) is 67.0 Å². The molecule has 136 valence electrons. The van der Waals surface area contributed by atoms with Gasteiger partial charge in [0.05, 0.1) is 13.0 Å². The summed E-state index contributed by atoms with van der Waals surface area (Å²) in [5.74, 6) is 0.941. The molecule has 0 saturated heterocycles. The second-order valence-corrected chi connectivity index (χ2v) is 6.94. The fourth-order valence-electron chi connectivity index (χ4n) is 3.51. The van der Waals surface area contributed by atoms with Gasteiger partial charge >= 0.3 is 0 Å². The Morgan fingerprint density at radius 3 is 2.78 bits per heavy atom. The average Bonchev–Trinajstić information content (AvgIpc) is 3.10. The zero-order valence-corrected chi connectivity index (χ0v) is 15.3. The molecule has 0 saturated carbocycles. The normalized spacial score (nSPS) is 15.1. The number of fused-ring (bicyclic) bond motifs is 1. The Kier molecular flexibility index (Phi) is 4.88. The molecule has 4 heteroatoms. The molecule has 0 bridgehead atoms. The second-order valence-electron chi connectivity index (χ2n) is 6.94. The summed E-state index contributed by atoms with van der Waals surface area (Å²) in [5, 5.41) is 3.01. The molecule has 1 aliphatic heterocycles. The van der Waals surface area contributed by atoms with Gasteiger partial charge in [0.1, 0.15) is 11.9 Å². The summed E-state index contributed by atoms with van der Waals surface area (Å²) in [7, 11) is 0.